The molecule has 0 aromatic rings. The molecule has 2 aliphatic rings. The second-order valence-corrected chi connectivity index (χ2v) is 9.08. The second kappa shape index (κ2) is 13.2. The van der Waals surface area contributed by atoms with Crippen molar-refractivity contribution in [3.05, 3.63) is 0 Å². The zero-order valence-electron chi connectivity index (χ0n) is 18.7. The monoisotopic (exact) mass is 510 g/mol. The van der Waals surface area contributed by atoms with Crippen molar-refractivity contribution in [3.63, 3.8) is 0 Å². The Kier molecular flexibility index (Phi) is 12.3. The lowest BCUT2D eigenvalue weighted by Gasteiger charge is -2.35. The highest BCUT2D eigenvalue weighted by Crippen LogP contribution is 2.19. The summed E-state index contributed by atoms with van der Waals surface area (Å²) in [6, 6.07) is 0. The average molecular weight is 511 g/mol. The smallest absolute Gasteiger partial charge is 0.193 e. The van der Waals surface area contributed by atoms with Gasteiger partial charge in [0.05, 0.1) is 18.8 Å². The number of nitrogens with one attached hydrogen (secondary N) is 1. The van der Waals surface area contributed by atoms with Crippen LogP contribution in [0.2, 0.25) is 0 Å². The van der Waals surface area contributed by atoms with Crippen LogP contribution in [0.1, 0.15) is 52.9 Å². The Morgan fingerprint density at radius 1 is 1.21 bits per heavy atom. The fourth-order valence-corrected chi connectivity index (χ4v) is 4.04. The third-order valence-corrected chi connectivity index (χ3v) is 5.27. The summed E-state index contributed by atoms with van der Waals surface area (Å²) in [5.74, 6) is 1.05. The van der Waals surface area contributed by atoms with Gasteiger partial charge < -0.3 is 24.6 Å². The van der Waals surface area contributed by atoms with Gasteiger partial charge in [0.1, 0.15) is 0 Å². The van der Waals surface area contributed by atoms with Crippen LogP contribution < -0.4 is 5.32 Å². The highest BCUT2D eigenvalue weighted by molar-refractivity contribution is 14.0. The number of ether oxygens (including phenoxy) is 2. The van der Waals surface area contributed by atoms with Gasteiger partial charge in [-0.05, 0) is 58.5 Å². The van der Waals surface area contributed by atoms with E-state index in [1.807, 2.05) is 0 Å². The fourth-order valence-electron chi connectivity index (χ4n) is 4.04. The van der Waals surface area contributed by atoms with Crippen LogP contribution in [0.15, 0.2) is 4.99 Å². The maximum atomic E-state index is 6.15. The van der Waals surface area contributed by atoms with E-state index >= 15 is 0 Å². The van der Waals surface area contributed by atoms with Crippen molar-refractivity contribution < 1.29 is 9.47 Å². The Hall–Kier alpha value is -0.120. The molecule has 0 amide bonds. The molecular formula is C21H43IN4O2. The van der Waals surface area contributed by atoms with E-state index in [0.717, 1.165) is 71.2 Å². The van der Waals surface area contributed by atoms with E-state index in [4.69, 9.17) is 14.5 Å². The first-order valence-electron chi connectivity index (χ1n) is 10.8. The minimum atomic E-state index is 0. The van der Waals surface area contributed by atoms with Gasteiger partial charge in [-0.3, -0.25) is 4.99 Å². The quantitative estimate of drug-likeness (QED) is 0.309. The Morgan fingerprint density at radius 2 is 1.93 bits per heavy atom. The molecule has 0 radical (unpaired) electrons. The molecule has 2 saturated heterocycles. The van der Waals surface area contributed by atoms with Crippen molar-refractivity contribution in [2.75, 3.05) is 60.0 Å². The van der Waals surface area contributed by atoms with Crippen molar-refractivity contribution in [1.82, 2.24) is 15.1 Å². The summed E-state index contributed by atoms with van der Waals surface area (Å²) < 4.78 is 11.9. The van der Waals surface area contributed by atoms with Gasteiger partial charge in [-0.15, -0.1) is 24.0 Å². The van der Waals surface area contributed by atoms with Gasteiger partial charge in [0.15, 0.2) is 5.96 Å². The summed E-state index contributed by atoms with van der Waals surface area (Å²) in [7, 11) is 4.25. The molecule has 0 aromatic carbocycles. The van der Waals surface area contributed by atoms with E-state index in [-0.39, 0.29) is 29.4 Å². The molecule has 2 aliphatic heterocycles. The third-order valence-electron chi connectivity index (χ3n) is 5.27. The molecule has 0 aromatic heterocycles. The van der Waals surface area contributed by atoms with Crippen LogP contribution in [0.4, 0.5) is 0 Å². The Balaban J connectivity index is 0.00000392. The molecule has 2 fully saturated rings. The first-order chi connectivity index (χ1) is 12.9. The highest BCUT2D eigenvalue weighted by atomic mass is 127. The van der Waals surface area contributed by atoms with E-state index in [1.165, 1.54) is 12.8 Å². The zero-order valence-corrected chi connectivity index (χ0v) is 21.0. The summed E-state index contributed by atoms with van der Waals surface area (Å²) in [6.07, 6.45) is 6.44. The van der Waals surface area contributed by atoms with Crippen molar-refractivity contribution in [1.29, 1.82) is 0 Å². The van der Waals surface area contributed by atoms with Gasteiger partial charge in [-0.25, -0.2) is 0 Å². The van der Waals surface area contributed by atoms with Gasteiger partial charge in [-0.1, -0.05) is 13.8 Å². The maximum absolute atomic E-state index is 6.15. The largest absolute Gasteiger partial charge is 0.376 e. The van der Waals surface area contributed by atoms with Crippen LogP contribution in [0.5, 0.6) is 0 Å². The van der Waals surface area contributed by atoms with Crippen LogP contribution in [0.3, 0.4) is 0 Å². The van der Waals surface area contributed by atoms with Crippen LogP contribution in [0, 0.1) is 5.41 Å². The van der Waals surface area contributed by atoms with Gasteiger partial charge in [0.25, 0.3) is 0 Å². The minimum Gasteiger partial charge on any atom is -0.376 e. The predicted octanol–water partition coefficient (Wildman–Crippen LogP) is 3.21. The lowest BCUT2D eigenvalue weighted by Crippen LogP contribution is -2.47. The molecule has 7 heteroatoms. The first kappa shape index (κ1) is 25.9. The van der Waals surface area contributed by atoms with Crippen molar-refractivity contribution in [2.45, 2.75) is 65.1 Å². The molecular weight excluding hydrogens is 467 g/mol. The molecule has 0 spiro atoms. The molecule has 2 heterocycles. The van der Waals surface area contributed by atoms with Crippen molar-refractivity contribution >= 4 is 29.9 Å². The molecule has 0 bridgehead atoms. The third kappa shape index (κ3) is 9.59. The van der Waals surface area contributed by atoms with E-state index in [0.29, 0.717) is 12.2 Å². The molecule has 1 unspecified atom stereocenters. The van der Waals surface area contributed by atoms with Crippen LogP contribution >= 0.6 is 24.0 Å². The molecule has 28 heavy (non-hydrogen) atoms. The fraction of sp³-hybridized carbons (Fsp3) is 0.952. The summed E-state index contributed by atoms with van der Waals surface area (Å²) >= 11 is 0. The predicted molar refractivity (Wildman–Crippen MR) is 128 cm³/mol. The summed E-state index contributed by atoms with van der Waals surface area (Å²) in [4.78, 5) is 9.58. The normalized spacial score (nSPS) is 22.3. The zero-order chi connectivity index (χ0) is 19.7. The highest BCUT2D eigenvalue weighted by Gasteiger charge is 2.25. The number of hydrogen-bond acceptors (Lipinski definition) is 4. The molecule has 1 N–H and O–H groups in total. The molecule has 0 saturated carbocycles. The Morgan fingerprint density at radius 3 is 2.50 bits per heavy atom. The number of hydrogen-bond donors (Lipinski definition) is 1. The average Bonchev–Trinajstić information content (AvgIpc) is 2.64. The van der Waals surface area contributed by atoms with E-state index in [9.17, 15) is 0 Å². The first-order valence-corrected chi connectivity index (χ1v) is 10.8. The van der Waals surface area contributed by atoms with Crippen LogP contribution in [-0.4, -0.2) is 88.0 Å². The number of piperidine rings is 1. The topological polar surface area (TPSA) is 49.3 Å². The molecule has 166 valence electrons. The number of nitrogens with zero attached hydrogens (tertiary/aromatic N) is 3. The molecule has 2 rings (SSSR count). The SMILES string of the molecule is CCNC(=NCC(C)(C)CN(C)C)N1CCC(OCC2CCCCO2)CC1.I. The van der Waals surface area contributed by atoms with Crippen molar-refractivity contribution in [3.8, 4) is 0 Å². The number of aliphatic imine (C=N–C) groups is 1. The van der Waals surface area contributed by atoms with Crippen LogP contribution in [-0.2, 0) is 9.47 Å². The molecule has 0 aliphatic carbocycles. The van der Waals surface area contributed by atoms with Gasteiger partial charge in [-0.2, -0.15) is 0 Å². The van der Waals surface area contributed by atoms with Gasteiger partial charge in [0, 0.05) is 39.3 Å². The number of likely N-dealkylation sites (tertiary alicyclic amines) is 1. The summed E-state index contributed by atoms with van der Waals surface area (Å²) in [5.41, 5.74) is 0.172. The standard InChI is InChI=1S/C21H42N4O2.HI/c1-6-22-20(23-16-21(2,3)17-24(4)5)25-12-10-18(11-13-25)27-15-19-9-7-8-14-26-19;/h18-19H,6-17H2,1-5H3,(H,22,23);1H. The Labute approximate surface area is 189 Å². The number of halogens is 1. The molecule has 6 nitrogen and oxygen atoms in total. The summed E-state index contributed by atoms with van der Waals surface area (Å²) in [5, 5.41) is 3.48. The lowest BCUT2D eigenvalue weighted by atomic mass is 9.93. The molecule has 1 atom stereocenters. The number of guanidine groups is 1. The van der Waals surface area contributed by atoms with E-state index in [1.54, 1.807) is 0 Å². The maximum Gasteiger partial charge on any atom is 0.193 e. The Bertz CT molecular complexity index is 446. The van der Waals surface area contributed by atoms with E-state index in [2.05, 4.69) is 50.0 Å². The van der Waals surface area contributed by atoms with Crippen LogP contribution in [0.25, 0.3) is 0 Å². The lowest BCUT2D eigenvalue weighted by molar-refractivity contribution is -0.0721. The van der Waals surface area contributed by atoms with Crippen molar-refractivity contribution in [2.24, 2.45) is 10.4 Å². The van der Waals surface area contributed by atoms with Gasteiger partial charge in [0.2, 0.25) is 0 Å². The number of rotatable bonds is 8. The van der Waals surface area contributed by atoms with Gasteiger partial charge >= 0.3 is 0 Å². The minimum absolute atomic E-state index is 0. The summed E-state index contributed by atoms with van der Waals surface area (Å²) in [6.45, 7) is 13.2. The van der Waals surface area contributed by atoms with E-state index < -0.39 is 0 Å². The second-order valence-electron chi connectivity index (χ2n) is 9.08.